The molecule has 6 heteroatoms. The Morgan fingerprint density at radius 2 is 2.14 bits per heavy atom. The molecule has 0 saturated heterocycles. The largest absolute Gasteiger partial charge is 0.366 e. The lowest BCUT2D eigenvalue weighted by molar-refractivity contribution is 0.630. The summed E-state index contributed by atoms with van der Waals surface area (Å²) in [7, 11) is 0. The molecule has 0 unspecified atom stereocenters. The molecule has 0 spiro atoms. The van der Waals surface area contributed by atoms with E-state index < -0.39 is 0 Å². The van der Waals surface area contributed by atoms with Crippen molar-refractivity contribution in [3.63, 3.8) is 0 Å². The molecule has 22 heavy (non-hydrogen) atoms. The molecule has 0 amide bonds. The zero-order valence-corrected chi connectivity index (χ0v) is 13.1. The predicted molar refractivity (Wildman–Crippen MR) is 86.2 cm³/mol. The Morgan fingerprint density at radius 3 is 2.95 bits per heavy atom. The molecule has 2 aromatic heterocycles. The van der Waals surface area contributed by atoms with E-state index in [1.807, 2.05) is 18.3 Å². The molecule has 1 N–H and O–H groups in total. The molecule has 3 aromatic rings. The highest BCUT2D eigenvalue weighted by atomic mass is 79.9. The van der Waals surface area contributed by atoms with E-state index in [1.54, 1.807) is 12.3 Å². The van der Waals surface area contributed by atoms with Crippen LogP contribution in [0, 0.1) is 5.82 Å². The van der Waals surface area contributed by atoms with E-state index in [9.17, 15) is 4.39 Å². The van der Waals surface area contributed by atoms with Gasteiger partial charge in [-0.25, -0.2) is 14.4 Å². The van der Waals surface area contributed by atoms with Crippen molar-refractivity contribution in [2.24, 2.45) is 0 Å². The molecule has 4 nitrogen and oxygen atoms in total. The lowest BCUT2D eigenvalue weighted by Gasteiger charge is -2.09. The first kappa shape index (κ1) is 13.6. The molecule has 0 radical (unpaired) electrons. The first-order chi connectivity index (χ1) is 10.7. The minimum Gasteiger partial charge on any atom is -0.366 e. The first-order valence-corrected chi connectivity index (χ1v) is 7.78. The summed E-state index contributed by atoms with van der Waals surface area (Å²) in [6, 6.07) is 7.82. The molecule has 2 heterocycles. The maximum Gasteiger partial charge on any atom is 0.163 e. The first-order valence-electron chi connectivity index (χ1n) is 6.99. The van der Waals surface area contributed by atoms with Crippen molar-refractivity contribution < 1.29 is 4.39 Å². The summed E-state index contributed by atoms with van der Waals surface area (Å²) < 4.78 is 14.5. The molecule has 1 aromatic carbocycles. The Balaban J connectivity index is 1.62. The van der Waals surface area contributed by atoms with Gasteiger partial charge in [-0.15, -0.1) is 0 Å². The van der Waals surface area contributed by atoms with Gasteiger partial charge in [-0.2, -0.15) is 0 Å². The second kappa shape index (κ2) is 5.28. The molecule has 4 rings (SSSR count). The van der Waals surface area contributed by atoms with Crippen molar-refractivity contribution in [3.05, 3.63) is 58.8 Å². The van der Waals surface area contributed by atoms with Crippen molar-refractivity contribution in [2.45, 2.75) is 18.4 Å². The second-order valence-electron chi connectivity index (χ2n) is 5.36. The highest BCUT2D eigenvalue weighted by Gasteiger charge is 2.39. The van der Waals surface area contributed by atoms with Crippen LogP contribution in [0.5, 0.6) is 0 Å². The average molecular weight is 359 g/mol. The zero-order chi connectivity index (χ0) is 15.1. The zero-order valence-electron chi connectivity index (χ0n) is 11.5. The Labute approximate surface area is 135 Å². The Hall–Kier alpha value is -2.08. The van der Waals surface area contributed by atoms with Crippen LogP contribution in [0.3, 0.4) is 0 Å². The number of hydrogen-bond acceptors (Lipinski definition) is 4. The molecule has 0 aliphatic heterocycles. The van der Waals surface area contributed by atoms with Crippen LogP contribution >= 0.6 is 15.9 Å². The van der Waals surface area contributed by atoms with Crippen molar-refractivity contribution in [3.8, 4) is 0 Å². The summed E-state index contributed by atoms with van der Waals surface area (Å²) in [6.07, 6.45) is 6.08. The van der Waals surface area contributed by atoms with Gasteiger partial charge in [0, 0.05) is 29.7 Å². The maximum absolute atomic E-state index is 14.1. The van der Waals surface area contributed by atoms with Gasteiger partial charge in [-0.3, -0.25) is 4.98 Å². The lowest BCUT2D eigenvalue weighted by atomic mass is 10.2. The average Bonchev–Trinajstić information content (AvgIpc) is 3.32. The van der Waals surface area contributed by atoms with Crippen molar-refractivity contribution >= 4 is 32.7 Å². The van der Waals surface area contributed by atoms with Gasteiger partial charge in [-0.05, 0) is 46.1 Å². The number of anilines is 1. The van der Waals surface area contributed by atoms with E-state index in [2.05, 4.69) is 42.3 Å². The van der Waals surface area contributed by atoms with E-state index in [0.717, 1.165) is 6.42 Å². The topological polar surface area (TPSA) is 50.7 Å². The smallest absolute Gasteiger partial charge is 0.163 e. The van der Waals surface area contributed by atoms with Crippen molar-refractivity contribution in [1.29, 1.82) is 0 Å². The van der Waals surface area contributed by atoms with Crippen LogP contribution < -0.4 is 5.32 Å². The van der Waals surface area contributed by atoms with Crippen LogP contribution in [0.4, 0.5) is 10.2 Å². The van der Waals surface area contributed by atoms with Crippen LogP contribution in [-0.4, -0.2) is 21.0 Å². The summed E-state index contributed by atoms with van der Waals surface area (Å²) >= 11 is 3.18. The monoisotopic (exact) mass is 358 g/mol. The van der Waals surface area contributed by atoms with Crippen LogP contribution in [0.25, 0.3) is 10.9 Å². The normalized spacial score (nSPS) is 20.1. The van der Waals surface area contributed by atoms with Crippen molar-refractivity contribution in [2.75, 3.05) is 5.32 Å². The summed E-state index contributed by atoms with van der Waals surface area (Å²) in [5, 5.41) is 4.09. The maximum atomic E-state index is 14.1. The number of halogens is 2. The summed E-state index contributed by atoms with van der Waals surface area (Å²) in [6.45, 7) is 0. The van der Waals surface area contributed by atoms with Crippen LogP contribution in [-0.2, 0) is 0 Å². The number of benzene rings is 1. The van der Waals surface area contributed by atoms with Gasteiger partial charge in [0.1, 0.15) is 17.7 Å². The van der Waals surface area contributed by atoms with Gasteiger partial charge in [-0.1, -0.05) is 6.07 Å². The van der Waals surface area contributed by atoms with Crippen LogP contribution in [0.2, 0.25) is 0 Å². The minimum absolute atomic E-state index is 0.300. The Morgan fingerprint density at radius 1 is 1.23 bits per heavy atom. The SMILES string of the molecule is Fc1c(Br)ccc2c(N[C@@H]3C[C@H]3c3cccnc3)ncnc12. The third kappa shape index (κ3) is 2.33. The van der Waals surface area contributed by atoms with Gasteiger partial charge >= 0.3 is 0 Å². The van der Waals surface area contributed by atoms with E-state index in [0.29, 0.717) is 33.2 Å². The van der Waals surface area contributed by atoms with Gasteiger partial charge in [0.2, 0.25) is 0 Å². The number of aromatic nitrogens is 3. The lowest BCUT2D eigenvalue weighted by Crippen LogP contribution is -2.07. The number of rotatable bonds is 3. The third-order valence-electron chi connectivity index (χ3n) is 3.92. The third-order valence-corrected chi connectivity index (χ3v) is 4.54. The Bertz CT molecular complexity index is 840. The number of fused-ring (bicyclic) bond motifs is 1. The van der Waals surface area contributed by atoms with Gasteiger partial charge in [0.15, 0.2) is 5.82 Å². The summed E-state index contributed by atoms with van der Waals surface area (Å²) in [4.78, 5) is 12.5. The molecular formula is C16H12BrFN4. The fourth-order valence-corrected chi connectivity index (χ4v) is 3.00. The van der Waals surface area contributed by atoms with Gasteiger partial charge in [0.25, 0.3) is 0 Å². The number of nitrogens with one attached hydrogen (secondary N) is 1. The molecule has 1 aliphatic rings. The molecule has 1 aliphatic carbocycles. The van der Waals surface area contributed by atoms with Crippen molar-refractivity contribution in [1.82, 2.24) is 15.0 Å². The van der Waals surface area contributed by atoms with Gasteiger partial charge < -0.3 is 5.32 Å². The number of pyridine rings is 1. The molecule has 110 valence electrons. The highest BCUT2D eigenvalue weighted by Crippen LogP contribution is 2.43. The van der Waals surface area contributed by atoms with Crippen LogP contribution in [0.15, 0.2) is 47.5 Å². The Kier molecular flexibility index (Phi) is 3.26. The molecule has 1 saturated carbocycles. The molecule has 2 atom stereocenters. The van der Waals surface area contributed by atoms with Crippen LogP contribution in [0.1, 0.15) is 17.9 Å². The summed E-state index contributed by atoms with van der Waals surface area (Å²) in [5.74, 6) is 0.745. The number of hydrogen-bond donors (Lipinski definition) is 1. The second-order valence-corrected chi connectivity index (χ2v) is 6.21. The minimum atomic E-state index is -0.359. The molecular weight excluding hydrogens is 347 g/mol. The molecule has 1 fully saturated rings. The fourth-order valence-electron chi connectivity index (χ4n) is 2.68. The van der Waals surface area contributed by atoms with Gasteiger partial charge in [0.05, 0.1) is 4.47 Å². The number of nitrogens with zero attached hydrogens (tertiary/aromatic N) is 3. The standard InChI is InChI=1S/C16H12BrFN4/c17-12-4-3-10-15(14(12)18)20-8-21-16(10)22-13-6-11(13)9-2-1-5-19-7-9/h1-5,7-8,11,13H,6H2,(H,20,21,22)/t11-,13+/m0/s1. The predicted octanol–water partition coefficient (Wildman–Crippen LogP) is 3.89. The van der Waals surface area contributed by atoms with E-state index in [-0.39, 0.29) is 5.82 Å². The summed E-state index contributed by atoms with van der Waals surface area (Å²) in [5.41, 5.74) is 1.54. The highest BCUT2D eigenvalue weighted by molar-refractivity contribution is 9.10. The quantitative estimate of drug-likeness (QED) is 0.771. The molecule has 0 bridgehead atoms. The van der Waals surface area contributed by atoms with E-state index in [4.69, 9.17) is 0 Å². The van der Waals surface area contributed by atoms with E-state index in [1.165, 1.54) is 11.9 Å². The fraction of sp³-hybridized carbons (Fsp3) is 0.188. The van der Waals surface area contributed by atoms with E-state index >= 15 is 0 Å².